The van der Waals surface area contributed by atoms with Gasteiger partial charge in [-0.1, -0.05) is 39.3 Å². The fourth-order valence-corrected chi connectivity index (χ4v) is 2.50. The second-order valence-electron chi connectivity index (χ2n) is 5.53. The van der Waals surface area contributed by atoms with Gasteiger partial charge in [0.15, 0.2) is 0 Å². The average Bonchev–Trinajstić information content (AvgIpc) is 2.50. The molecule has 3 heteroatoms. The lowest BCUT2D eigenvalue weighted by molar-refractivity contribution is 0.404. The van der Waals surface area contributed by atoms with Crippen LogP contribution in [-0.2, 0) is 0 Å². The zero-order valence-corrected chi connectivity index (χ0v) is 12.8. The number of nitrogens with one attached hydrogen (secondary N) is 1. The van der Waals surface area contributed by atoms with Crippen LogP contribution in [0, 0.1) is 5.92 Å². The summed E-state index contributed by atoms with van der Waals surface area (Å²) in [7, 11) is 0. The van der Waals surface area contributed by atoms with Gasteiger partial charge in [-0.05, 0) is 36.9 Å². The Morgan fingerprint density at radius 1 is 1.15 bits per heavy atom. The monoisotopic (exact) mass is 271 g/mol. The predicted molar refractivity (Wildman–Crippen MR) is 84.6 cm³/mol. The van der Waals surface area contributed by atoms with Crippen molar-refractivity contribution in [1.82, 2.24) is 15.3 Å². The van der Waals surface area contributed by atoms with Gasteiger partial charge in [0.25, 0.3) is 0 Å². The number of hydrogen-bond acceptors (Lipinski definition) is 3. The molecule has 1 N–H and O–H groups in total. The molecule has 0 saturated heterocycles. The molecule has 0 radical (unpaired) electrons. The first kappa shape index (κ1) is 14.9. The molecule has 1 aromatic heterocycles. The topological polar surface area (TPSA) is 37.8 Å². The van der Waals surface area contributed by atoms with E-state index in [2.05, 4.69) is 48.2 Å². The summed E-state index contributed by atoms with van der Waals surface area (Å²) < 4.78 is 0. The highest BCUT2D eigenvalue weighted by Crippen LogP contribution is 2.27. The van der Waals surface area contributed by atoms with E-state index in [1.807, 2.05) is 6.07 Å². The van der Waals surface area contributed by atoms with E-state index in [0.29, 0.717) is 12.0 Å². The van der Waals surface area contributed by atoms with Crippen molar-refractivity contribution in [2.24, 2.45) is 5.92 Å². The zero-order chi connectivity index (χ0) is 14.4. The van der Waals surface area contributed by atoms with Gasteiger partial charge in [-0.25, -0.2) is 0 Å². The van der Waals surface area contributed by atoms with E-state index in [-0.39, 0.29) is 0 Å². The van der Waals surface area contributed by atoms with Gasteiger partial charge in [0.1, 0.15) is 0 Å². The smallest absolute Gasteiger partial charge is 0.0934 e. The molecular weight excluding hydrogens is 246 g/mol. The molecule has 3 nitrogen and oxygen atoms in total. The Kier molecular flexibility index (Phi) is 5.48. The quantitative estimate of drug-likeness (QED) is 0.823. The second kappa shape index (κ2) is 7.34. The van der Waals surface area contributed by atoms with Crippen LogP contribution in [-0.4, -0.2) is 16.5 Å². The third-order valence-electron chi connectivity index (χ3n) is 3.88. The first-order chi connectivity index (χ1) is 9.76. The van der Waals surface area contributed by atoms with E-state index in [1.54, 1.807) is 12.4 Å². The summed E-state index contributed by atoms with van der Waals surface area (Å²) in [4.78, 5) is 8.95. The Balaban J connectivity index is 2.34. The van der Waals surface area contributed by atoms with Crippen LogP contribution in [0.3, 0.4) is 0 Å². The Hall–Kier alpha value is -1.48. The fourth-order valence-electron chi connectivity index (χ4n) is 2.50. The van der Waals surface area contributed by atoms with Crippen LogP contribution in [0.2, 0.25) is 0 Å². The molecular formula is C17H25N3. The number of para-hydroxylation sites is 1. The average molecular weight is 271 g/mol. The maximum absolute atomic E-state index is 4.54. The van der Waals surface area contributed by atoms with E-state index in [1.165, 1.54) is 12.0 Å². The van der Waals surface area contributed by atoms with E-state index >= 15 is 0 Å². The number of nitrogens with zero attached hydrogens (tertiary/aromatic N) is 2. The molecule has 0 bridgehead atoms. The highest BCUT2D eigenvalue weighted by Gasteiger charge is 2.17. The van der Waals surface area contributed by atoms with E-state index in [9.17, 15) is 0 Å². The van der Waals surface area contributed by atoms with Gasteiger partial charge in [-0.15, -0.1) is 0 Å². The molecule has 1 heterocycles. The summed E-state index contributed by atoms with van der Waals surface area (Å²) in [5.74, 6) is 0.705. The summed E-state index contributed by atoms with van der Waals surface area (Å²) in [6.45, 7) is 7.82. The fraction of sp³-hybridized carbons (Fsp3) is 0.529. The highest BCUT2D eigenvalue weighted by atomic mass is 14.9. The van der Waals surface area contributed by atoms with Crippen molar-refractivity contribution in [2.75, 3.05) is 6.54 Å². The number of benzene rings is 1. The van der Waals surface area contributed by atoms with Crippen LogP contribution >= 0.6 is 0 Å². The zero-order valence-electron chi connectivity index (χ0n) is 12.8. The Bertz CT molecular complexity index is 533. The molecule has 2 atom stereocenters. The van der Waals surface area contributed by atoms with Crippen LogP contribution in [0.1, 0.15) is 51.6 Å². The molecule has 20 heavy (non-hydrogen) atoms. The predicted octanol–water partition coefficient (Wildman–Crippen LogP) is 4.11. The van der Waals surface area contributed by atoms with Crippen molar-refractivity contribution < 1.29 is 0 Å². The van der Waals surface area contributed by atoms with Gasteiger partial charge in [-0.3, -0.25) is 9.97 Å². The molecule has 0 aliphatic carbocycles. The van der Waals surface area contributed by atoms with E-state index in [0.717, 1.165) is 30.4 Å². The number of hydrogen-bond donors (Lipinski definition) is 1. The van der Waals surface area contributed by atoms with Crippen LogP contribution in [0.25, 0.3) is 11.0 Å². The summed E-state index contributed by atoms with van der Waals surface area (Å²) in [5.41, 5.74) is 3.30. The Morgan fingerprint density at radius 3 is 2.70 bits per heavy atom. The summed E-state index contributed by atoms with van der Waals surface area (Å²) in [5, 5.41) is 3.68. The van der Waals surface area contributed by atoms with Crippen molar-refractivity contribution in [1.29, 1.82) is 0 Å². The van der Waals surface area contributed by atoms with Gasteiger partial charge in [0.05, 0.1) is 11.0 Å². The standard InChI is InChI=1S/C17H25N3/c1-4-9-18-16(12-13(3)5-2)14-7-6-8-15-17(14)20-11-10-19-15/h6-8,10-11,13,16,18H,4-5,9,12H2,1-3H3. The van der Waals surface area contributed by atoms with Crippen molar-refractivity contribution >= 4 is 11.0 Å². The van der Waals surface area contributed by atoms with Gasteiger partial charge in [0, 0.05) is 18.4 Å². The second-order valence-corrected chi connectivity index (χ2v) is 5.53. The summed E-state index contributed by atoms with van der Waals surface area (Å²) >= 11 is 0. The van der Waals surface area contributed by atoms with Gasteiger partial charge >= 0.3 is 0 Å². The van der Waals surface area contributed by atoms with E-state index in [4.69, 9.17) is 0 Å². The maximum Gasteiger partial charge on any atom is 0.0934 e. The number of rotatable bonds is 7. The van der Waals surface area contributed by atoms with Crippen molar-refractivity contribution in [3.05, 3.63) is 36.2 Å². The molecule has 2 unspecified atom stereocenters. The highest BCUT2D eigenvalue weighted by molar-refractivity contribution is 5.78. The van der Waals surface area contributed by atoms with E-state index < -0.39 is 0 Å². The van der Waals surface area contributed by atoms with Crippen LogP contribution < -0.4 is 5.32 Å². The molecule has 108 valence electrons. The number of aromatic nitrogens is 2. The van der Waals surface area contributed by atoms with Gasteiger partial charge in [0.2, 0.25) is 0 Å². The molecule has 2 aromatic rings. The summed E-state index contributed by atoms with van der Waals surface area (Å²) in [6.07, 6.45) is 7.04. The molecule has 0 spiro atoms. The SMILES string of the molecule is CCCNC(CC(C)CC)c1cccc2nccnc12. The largest absolute Gasteiger partial charge is 0.310 e. The minimum Gasteiger partial charge on any atom is -0.310 e. The molecule has 0 aliphatic heterocycles. The minimum absolute atomic E-state index is 0.366. The van der Waals surface area contributed by atoms with Crippen molar-refractivity contribution in [3.8, 4) is 0 Å². The van der Waals surface area contributed by atoms with Crippen molar-refractivity contribution in [3.63, 3.8) is 0 Å². The lowest BCUT2D eigenvalue weighted by Gasteiger charge is -2.23. The van der Waals surface area contributed by atoms with Gasteiger partial charge < -0.3 is 5.32 Å². The molecule has 0 fully saturated rings. The Morgan fingerprint density at radius 2 is 1.95 bits per heavy atom. The number of fused-ring (bicyclic) bond motifs is 1. The molecule has 0 amide bonds. The van der Waals surface area contributed by atoms with Crippen LogP contribution in [0.5, 0.6) is 0 Å². The molecule has 0 saturated carbocycles. The van der Waals surface area contributed by atoms with Crippen LogP contribution in [0.4, 0.5) is 0 Å². The van der Waals surface area contributed by atoms with Gasteiger partial charge in [-0.2, -0.15) is 0 Å². The molecule has 1 aromatic carbocycles. The third-order valence-corrected chi connectivity index (χ3v) is 3.88. The first-order valence-corrected chi connectivity index (χ1v) is 7.69. The first-order valence-electron chi connectivity index (χ1n) is 7.69. The van der Waals surface area contributed by atoms with Crippen molar-refractivity contribution in [2.45, 2.75) is 46.1 Å². The Labute approximate surface area is 121 Å². The lowest BCUT2D eigenvalue weighted by atomic mass is 9.93. The third kappa shape index (κ3) is 3.54. The summed E-state index contributed by atoms with van der Waals surface area (Å²) in [6, 6.07) is 6.67. The maximum atomic E-state index is 4.54. The lowest BCUT2D eigenvalue weighted by Crippen LogP contribution is -2.24. The van der Waals surface area contributed by atoms with Crippen LogP contribution in [0.15, 0.2) is 30.6 Å². The minimum atomic E-state index is 0.366. The normalized spacial score (nSPS) is 14.3. The molecule has 0 aliphatic rings. The molecule has 2 rings (SSSR count).